The van der Waals surface area contributed by atoms with E-state index in [1.165, 1.54) is 12.1 Å². The Balaban J connectivity index is 0.00000180. The van der Waals surface area contributed by atoms with E-state index >= 15 is 4.39 Å². The minimum atomic E-state index is -0.408. The number of carbonyl (C=O) groups is 1. The molecule has 5 aliphatic rings. The SMILES string of the molecule is C=C.C=C1C=C2C=CC(C3=C(c4cc(F)c(C)cc4F)CC(C)C=C3)=CN2C(C2OC2C#CCCCN2CCCC2=O)=C1. The smallest absolute Gasteiger partial charge is 0.222 e. The van der Waals surface area contributed by atoms with Crippen LogP contribution in [0.15, 0.2) is 103 Å². The van der Waals surface area contributed by atoms with Crippen LogP contribution in [0.4, 0.5) is 8.78 Å². The van der Waals surface area contributed by atoms with E-state index < -0.39 is 11.6 Å². The average Bonchev–Trinajstić information content (AvgIpc) is 3.66. The van der Waals surface area contributed by atoms with Crippen LogP contribution in [0, 0.1) is 36.3 Å². The third kappa shape index (κ3) is 6.58. The number of amides is 1. The van der Waals surface area contributed by atoms with E-state index in [4.69, 9.17) is 4.74 Å². The highest BCUT2D eigenvalue weighted by molar-refractivity contribution is 5.79. The van der Waals surface area contributed by atoms with Crippen LogP contribution in [0.1, 0.15) is 50.2 Å². The minimum Gasteiger partial charge on any atom is -0.349 e. The second-order valence-electron chi connectivity index (χ2n) is 11.4. The number of aryl methyl sites for hydroxylation is 1. The molecule has 3 unspecified atom stereocenters. The van der Waals surface area contributed by atoms with Crippen molar-refractivity contribution in [3.63, 3.8) is 0 Å². The Hall–Kier alpha value is -4.21. The summed E-state index contributed by atoms with van der Waals surface area (Å²) in [7, 11) is 0. The van der Waals surface area contributed by atoms with Crippen molar-refractivity contribution in [2.24, 2.45) is 5.92 Å². The lowest BCUT2D eigenvalue weighted by Gasteiger charge is -2.32. The van der Waals surface area contributed by atoms with Crippen molar-refractivity contribution in [1.29, 1.82) is 0 Å². The second-order valence-corrected chi connectivity index (χ2v) is 11.4. The van der Waals surface area contributed by atoms with E-state index in [9.17, 15) is 9.18 Å². The van der Waals surface area contributed by atoms with E-state index in [2.05, 4.69) is 49.5 Å². The Morgan fingerprint density at radius 3 is 2.70 bits per heavy atom. The molecule has 0 radical (unpaired) electrons. The van der Waals surface area contributed by atoms with Crippen LogP contribution in [0.5, 0.6) is 0 Å². The largest absolute Gasteiger partial charge is 0.349 e. The molecule has 222 valence electrons. The number of unbranched alkanes of at least 4 members (excludes halogenated alkanes) is 1. The molecule has 2 fully saturated rings. The van der Waals surface area contributed by atoms with Gasteiger partial charge in [-0.15, -0.1) is 19.1 Å². The van der Waals surface area contributed by atoms with E-state index in [1.54, 1.807) is 6.92 Å². The summed E-state index contributed by atoms with van der Waals surface area (Å²) in [6.45, 7) is 15.4. The van der Waals surface area contributed by atoms with Crippen LogP contribution in [-0.4, -0.2) is 41.0 Å². The van der Waals surface area contributed by atoms with Crippen molar-refractivity contribution < 1.29 is 18.3 Å². The number of likely N-dealkylation sites (tertiary alicyclic amines) is 1. The first-order chi connectivity index (χ1) is 20.8. The molecule has 6 heteroatoms. The van der Waals surface area contributed by atoms with E-state index in [0.717, 1.165) is 66.0 Å². The van der Waals surface area contributed by atoms with Crippen molar-refractivity contribution in [3.8, 4) is 11.8 Å². The fourth-order valence-electron chi connectivity index (χ4n) is 5.91. The lowest BCUT2D eigenvalue weighted by atomic mass is 9.82. The summed E-state index contributed by atoms with van der Waals surface area (Å²) in [4.78, 5) is 15.8. The highest BCUT2D eigenvalue weighted by atomic mass is 19.1. The van der Waals surface area contributed by atoms with Gasteiger partial charge in [0, 0.05) is 43.4 Å². The predicted octanol–water partition coefficient (Wildman–Crippen LogP) is 7.69. The normalized spacial score (nSPS) is 24.0. The maximum Gasteiger partial charge on any atom is 0.222 e. The summed E-state index contributed by atoms with van der Waals surface area (Å²) in [5, 5.41) is 0. The molecule has 0 spiro atoms. The Morgan fingerprint density at radius 2 is 1.93 bits per heavy atom. The Kier molecular flexibility index (Phi) is 9.13. The van der Waals surface area contributed by atoms with Gasteiger partial charge in [-0.2, -0.15) is 0 Å². The predicted molar refractivity (Wildman–Crippen MR) is 168 cm³/mol. The van der Waals surface area contributed by atoms with Crippen LogP contribution in [0.25, 0.3) is 5.57 Å². The standard InChI is InChI=1S/C35H34F2N2O2.C2H4/c1-22-10-13-27(28(17-22)29-20-30(36)24(3)19-31(29)37)25-11-12-26-16-23(2)18-32(39(26)21-25)35-33(41-35)8-5-4-6-14-38-15-7-9-34(38)40;1-2/h10-13,16,18-22,33,35H,2,4,6-7,9,14-15,17H2,1,3H3;1-2H2. The third-order valence-electron chi connectivity index (χ3n) is 8.18. The number of ether oxygens (including phenoxy) is 1. The molecule has 1 amide bonds. The number of epoxide rings is 1. The van der Waals surface area contributed by atoms with Crippen molar-refractivity contribution >= 4 is 11.5 Å². The van der Waals surface area contributed by atoms with Gasteiger partial charge in [-0.25, -0.2) is 8.78 Å². The fraction of sp³-hybridized carbons (Fsp3) is 0.324. The highest BCUT2D eigenvalue weighted by Crippen LogP contribution is 2.42. The Morgan fingerprint density at radius 1 is 1.12 bits per heavy atom. The van der Waals surface area contributed by atoms with Crippen LogP contribution in [-0.2, 0) is 9.53 Å². The lowest BCUT2D eigenvalue weighted by Crippen LogP contribution is -2.25. The first-order valence-electron chi connectivity index (χ1n) is 14.9. The molecule has 0 N–H and O–H groups in total. The summed E-state index contributed by atoms with van der Waals surface area (Å²) >= 11 is 0. The van der Waals surface area contributed by atoms with Gasteiger partial charge in [0.2, 0.25) is 5.91 Å². The number of benzene rings is 1. The van der Waals surface area contributed by atoms with Gasteiger partial charge in [-0.05, 0) is 90.3 Å². The number of hydrogen-bond donors (Lipinski definition) is 0. The molecule has 0 aromatic heterocycles. The molecule has 6 rings (SSSR count). The average molecular weight is 581 g/mol. The topological polar surface area (TPSA) is 36.1 Å². The van der Waals surface area contributed by atoms with Crippen LogP contribution < -0.4 is 0 Å². The first kappa shape index (κ1) is 30.3. The van der Waals surface area contributed by atoms with Gasteiger partial charge in [0.15, 0.2) is 6.10 Å². The minimum absolute atomic E-state index is 0.175. The molecule has 3 atom stereocenters. The monoisotopic (exact) mass is 580 g/mol. The van der Waals surface area contributed by atoms with Crippen LogP contribution in [0.2, 0.25) is 0 Å². The molecule has 4 aliphatic heterocycles. The van der Waals surface area contributed by atoms with E-state index in [-0.39, 0.29) is 24.0 Å². The van der Waals surface area contributed by atoms with E-state index in [0.29, 0.717) is 24.0 Å². The summed E-state index contributed by atoms with van der Waals surface area (Å²) in [5.41, 5.74) is 6.02. The van der Waals surface area contributed by atoms with Gasteiger partial charge in [0.05, 0.1) is 5.70 Å². The zero-order valence-electron chi connectivity index (χ0n) is 25.0. The number of fused-ring (bicyclic) bond motifs is 1. The molecular weight excluding hydrogens is 542 g/mol. The zero-order valence-corrected chi connectivity index (χ0v) is 25.0. The molecule has 43 heavy (non-hydrogen) atoms. The Bertz CT molecular complexity index is 1580. The molecule has 1 aliphatic carbocycles. The fourth-order valence-corrected chi connectivity index (χ4v) is 5.91. The second kappa shape index (κ2) is 13.0. The molecule has 1 aromatic rings. The van der Waals surface area contributed by atoms with Crippen molar-refractivity contribution in [2.75, 3.05) is 13.1 Å². The maximum atomic E-state index is 15.1. The number of carbonyl (C=O) groups excluding carboxylic acids is 1. The van der Waals surface area contributed by atoms with Gasteiger partial charge < -0.3 is 14.5 Å². The Labute approximate surface area is 253 Å². The number of hydrogen-bond acceptors (Lipinski definition) is 3. The van der Waals surface area contributed by atoms with Crippen LogP contribution in [0.3, 0.4) is 0 Å². The zero-order chi connectivity index (χ0) is 30.7. The number of rotatable bonds is 6. The van der Waals surface area contributed by atoms with Crippen molar-refractivity contribution in [1.82, 2.24) is 9.80 Å². The highest BCUT2D eigenvalue weighted by Gasteiger charge is 2.44. The van der Waals surface area contributed by atoms with Gasteiger partial charge in [-0.1, -0.05) is 37.7 Å². The quantitative estimate of drug-likeness (QED) is 0.150. The van der Waals surface area contributed by atoms with Crippen molar-refractivity contribution in [2.45, 2.75) is 58.2 Å². The molecule has 4 nitrogen and oxygen atoms in total. The number of nitrogens with zero attached hydrogens (tertiary/aromatic N) is 2. The molecule has 0 saturated carbocycles. The summed E-state index contributed by atoms with van der Waals surface area (Å²) < 4.78 is 35.6. The number of halogens is 2. The maximum absolute atomic E-state index is 15.1. The molecule has 0 bridgehead atoms. The van der Waals surface area contributed by atoms with Gasteiger partial charge in [0.1, 0.15) is 17.7 Å². The molecule has 4 heterocycles. The van der Waals surface area contributed by atoms with Crippen LogP contribution >= 0.6 is 0 Å². The molecule has 1 aromatic carbocycles. The first-order valence-corrected chi connectivity index (χ1v) is 14.9. The van der Waals surface area contributed by atoms with E-state index in [1.807, 2.05) is 41.5 Å². The van der Waals surface area contributed by atoms with Crippen molar-refractivity contribution in [3.05, 3.63) is 125 Å². The molecular formula is C37H38F2N2O2. The molecule has 2 saturated heterocycles. The lowest BCUT2D eigenvalue weighted by molar-refractivity contribution is -0.127. The number of allylic oxidation sites excluding steroid dienone is 10. The summed E-state index contributed by atoms with van der Waals surface area (Å²) in [5.74, 6) is 6.13. The summed E-state index contributed by atoms with van der Waals surface area (Å²) in [6.07, 6.45) is 17.7. The van der Waals surface area contributed by atoms with Gasteiger partial charge >= 0.3 is 0 Å². The van der Waals surface area contributed by atoms with Gasteiger partial charge in [0.25, 0.3) is 0 Å². The van der Waals surface area contributed by atoms with Gasteiger partial charge in [-0.3, -0.25) is 4.79 Å². The third-order valence-corrected chi connectivity index (χ3v) is 8.18. The summed E-state index contributed by atoms with van der Waals surface area (Å²) in [6, 6.07) is 2.60.